The van der Waals surface area contributed by atoms with Gasteiger partial charge in [-0.2, -0.15) is 4.72 Å². The quantitative estimate of drug-likeness (QED) is 0.596. The number of benzene rings is 1. The van der Waals surface area contributed by atoms with Crippen LogP contribution in [0.1, 0.15) is 59.4 Å². The lowest BCUT2D eigenvalue weighted by atomic mass is 9.87. The average Bonchev–Trinajstić information content (AvgIpc) is 2.99. The highest BCUT2D eigenvalue weighted by molar-refractivity contribution is 7.89. The molecule has 1 unspecified atom stereocenters. The molecular weight excluding hydrogens is 380 g/mol. The molecule has 158 valence electrons. The maximum atomic E-state index is 12.8. The van der Waals surface area contributed by atoms with Crippen LogP contribution >= 0.6 is 0 Å². The van der Waals surface area contributed by atoms with Crippen molar-refractivity contribution < 1.29 is 23.1 Å². The monoisotopic (exact) mass is 412 g/mol. The van der Waals surface area contributed by atoms with E-state index in [1.54, 1.807) is 24.3 Å². The summed E-state index contributed by atoms with van der Waals surface area (Å²) in [5.41, 5.74) is 0.926. The van der Waals surface area contributed by atoms with Crippen molar-refractivity contribution in [3.8, 4) is 0 Å². The van der Waals surface area contributed by atoms with Gasteiger partial charge in [0.15, 0.2) is 0 Å². The molecule has 0 aromatic heterocycles. The van der Waals surface area contributed by atoms with E-state index in [-0.39, 0.29) is 22.6 Å². The molecule has 1 aromatic carbocycles. The Morgan fingerprint density at radius 2 is 1.86 bits per heavy atom. The predicted molar refractivity (Wildman–Crippen MR) is 107 cm³/mol. The van der Waals surface area contributed by atoms with Crippen molar-refractivity contribution in [2.75, 3.05) is 6.61 Å². The zero-order valence-electron chi connectivity index (χ0n) is 17.3. The summed E-state index contributed by atoms with van der Waals surface area (Å²) in [6, 6.07) is 5.63. The smallest absolute Gasteiger partial charge is 0.248 e. The number of hydrogen-bond acceptors (Lipinski definition) is 5. The second-order valence-corrected chi connectivity index (χ2v) is 10.5. The zero-order chi connectivity index (χ0) is 21.2. The Hall–Kier alpha value is -1.48. The van der Waals surface area contributed by atoms with Gasteiger partial charge >= 0.3 is 0 Å². The van der Waals surface area contributed by atoms with Gasteiger partial charge in [-0.1, -0.05) is 46.8 Å². The summed E-state index contributed by atoms with van der Waals surface area (Å²) in [5, 5.41) is 12.7. The Kier molecular flexibility index (Phi) is 6.91. The van der Waals surface area contributed by atoms with E-state index in [4.69, 9.17) is 4.74 Å². The van der Waals surface area contributed by atoms with Gasteiger partial charge in [0.2, 0.25) is 21.8 Å². The second-order valence-electron chi connectivity index (χ2n) is 8.80. The summed E-state index contributed by atoms with van der Waals surface area (Å²) in [4.78, 5) is 12.8. The fraction of sp³-hybridized carbons (Fsp3) is 0.650. The maximum Gasteiger partial charge on any atom is 0.248 e. The highest BCUT2D eigenvalue weighted by Gasteiger charge is 2.37. The summed E-state index contributed by atoms with van der Waals surface area (Å²) in [7, 11) is -3.90. The van der Waals surface area contributed by atoms with Crippen LogP contribution in [-0.2, 0) is 25.0 Å². The van der Waals surface area contributed by atoms with Crippen molar-refractivity contribution in [2.45, 2.75) is 76.1 Å². The first-order valence-corrected chi connectivity index (χ1v) is 11.1. The number of nitrogens with one attached hydrogen (secondary N) is 2. The van der Waals surface area contributed by atoms with Gasteiger partial charge in [0.05, 0.1) is 11.5 Å². The lowest BCUT2D eigenvalue weighted by molar-refractivity contribution is -0.197. The van der Waals surface area contributed by atoms with Crippen LogP contribution in [0.3, 0.4) is 0 Å². The van der Waals surface area contributed by atoms with E-state index in [0.29, 0.717) is 19.4 Å². The molecule has 1 amide bonds. The molecule has 7 nitrogen and oxygen atoms in total. The number of carbonyl (C=O) groups excluding carboxylic acids is 1. The Bertz CT molecular complexity index is 776. The number of hydrogen-bond donors (Lipinski definition) is 3. The number of aliphatic hydroxyl groups is 1. The minimum absolute atomic E-state index is 0.0702. The van der Waals surface area contributed by atoms with Crippen LogP contribution in [0, 0.1) is 5.92 Å². The Labute approximate surface area is 167 Å². The standard InChI is InChI=1S/C20H32N2O5S/c1-14(2)13-17(18(23)21-20(24)11-6-12-27-20)22-28(25,26)16-9-7-15(8-10-16)19(3,4)5/h7-10,14,17,22,24H,6,11-13H2,1-5H3,(H,21,23)/t17-,20?/m0/s1. The summed E-state index contributed by atoms with van der Waals surface area (Å²) < 4.78 is 33.3. The summed E-state index contributed by atoms with van der Waals surface area (Å²) in [6.45, 7) is 10.3. The SMILES string of the molecule is CC(C)C[C@H](NS(=O)(=O)c1ccc(C(C)(C)C)cc1)C(=O)NC1(O)CCCO1. The van der Waals surface area contributed by atoms with Crippen molar-refractivity contribution in [1.29, 1.82) is 0 Å². The molecule has 1 heterocycles. The van der Waals surface area contributed by atoms with Gasteiger partial charge in [0.1, 0.15) is 6.04 Å². The van der Waals surface area contributed by atoms with Crippen molar-refractivity contribution >= 4 is 15.9 Å². The van der Waals surface area contributed by atoms with Crippen molar-refractivity contribution in [2.24, 2.45) is 5.92 Å². The van der Waals surface area contributed by atoms with Crippen molar-refractivity contribution in [3.05, 3.63) is 29.8 Å². The van der Waals surface area contributed by atoms with E-state index < -0.39 is 27.9 Å². The van der Waals surface area contributed by atoms with Gasteiger partial charge in [-0.3, -0.25) is 4.79 Å². The molecule has 0 aliphatic carbocycles. The molecule has 8 heteroatoms. The summed E-state index contributed by atoms with van der Waals surface area (Å²) >= 11 is 0. The van der Waals surface area contributed by atoms with Gasteiger partial charge in [-0.15, -0.1) is 0 Å². The molecule has 3 N–H and O–H groups in total. The van der Waals surface area contributed by atoms with E-state index in [2.05, 4.69) is 10.0 Å². The summed E-state index contributed by atoms with van der Waals surface area (Å²) in [5.74, 6) is -2.26. The lowest BCUT2D eigenvalue weighted by Gasteiger charge is -2.27. The molecule has 1 aromatic rings. The molecule has 28 heavy (non-hydrogen) atoms. The molecule has 0 bridgehead atoms. The van der Waals surface area contributed by atoms with Crippen LogP contribution in [0.4, 0.5) is 0 Å². The molecule has 0 spiro atoms. The Morgan fingerprint density at radius 3 is 2.32 bits per heavy atom. The number of ether oxygens (including phenoxy) is 1. The van der Waals surface area contributed by atoms with Gasteiger partial charge < -0.3 is 15.2 Å². The molecule has 2 atom stereocenters. The molecule has 1 aliphatic heterocycles. The minimum Gasteiger partial charge on any atom is -0.349 e. The number of amides is 1. The van der Waals surface area contributed by atoms with Gasteiger partial charge in [-0.25, -0.2) is 8.42 Å². The van der Waals surface area contributed by atoms with E-state index in [0.717, 1.165) is 5.56 Å². The third-order valence-corrected chi connectivity index (χ3v) is 6.16. The van der Waals surface area contributed by atoms with E-state index in [9.17, 15) is 18.3 Å². The van der Waals surface area contributed by atoms with Gasteiger partial charge in [0.25, 0.3) is 0 Å². The first kappa shape index (κ1) is 22.8. The van der Waals surface area contributed by atoms with Crippen molar-refractivity contribution in [3.63, 3.8) is 0 Å². The second kappa shape index (κ2) is 8.49. The number of rotatable bonds is 7. The highest BCUT2D eigenvalue weighted by atomic mass is 32.2. The van der Waals surface area contributed by atoms with Gasteiger partial charge in [-0.05, 0) is 41.9 Å². The number of sulfonamides is 1. The van der Waals surface area contributed by atoms with Crippen LogP contribution < -0.4 is 10.0 Å². The Balaban J connectivity index is 2.18. The van der Waals surface area contributed by atoms with E-state index in [1.165, 1.54) is 0 Å². The minimum atomic E-state index is -3.90. The Morgan fingerprint density at radius 1 is 1.25 bits per heavy atom. The van der Waals surface area contributed by atoms with Crippen LogP contribution in [0.25, 0.3) is 0 Å². The molecule has 1 saturated heterocycles. The molecule has 1 fully saturated rings. The molecule has 0 saturated carbocycles. The largest absolute Gasteiger partial charge is 0.349 e. The van der Waals surface area contributed by atoms with Crippen LogP contribution in [0.15, 0.2) is 29.2 Å². The average molecular weight is 413 g/mol. The first-order valence-electron chi connectivity index (χ1n) is 9.64. The molecular formula is C20H32N2O5S. The third-order valence-electron chi connectivity index (χ3n) is 4.67. The zero-order valence-corrected chi connectivity index (χ0v) is 18.1. The maximum absolute atomic E-state index is 12.8. The molecule has 2 rings (SSSR count). The molecule has 1 aliphatic rings. The van der Waals surface area contributed by atoms with Crippen molar-refractivity contribution in [1.82, 2.24) is 10.0 Å². The topological polar surface area (TPSA) is 105 Å². The van der Waals surface area contributed by atoms with Gasteiger partial charge in [0, 0.05) is 6.42 Å². The third kappa shape index (κ3) is 6.01. The normalized spacial score (nSPS) is 21.7. The predicted octanol–water partition coefficient (Wildman–Crippen LogP) is 2.25. The van der Waals surface area contributed by atoms with Crippen LogP contribution in [-0.4, -0.2) is 38.0 Å². The fourth-order valence-electron chi connectivity index (χ4n) is 3.07. The van der Waals surface area contributed by atoms with E-state index >= 15 is 0 Å². The first-order chi connectivity index (χ1) is 12.8. The highest BCUT2D eigenvalue weighted by Crippen LogP contribution is 2.24. The molecule has 0 radical (unpaired) electrons. The van der Waals surface area contributed by atoms with E-state index in [1.807, 2.05) is 34.6 Å². The van der Waals surface area contributed by atoms with Crippen LogP contribution in [0.2, 0.25) is 0 Å². The number of carbonyl (C=O) groups is 1. The fourth-order valence-corrected chi connectivity index (χ4v) is 4.28. The summed E-state index contributed by atoms with van der Waals surface area (Å²) in [6.07, 6.45) is 1.19. The van der Waals surface area contributed by atoms with Crippen LogP contribution in [0.5, 0.6) is 0 Å². The lowest BCUT2D eigenvalue weighted by Crippen LogP contribution is -2.55.